The van der Waals surface area contributed by atoms with Crippen LogP contribution in [0.15, 0.2) is 6.20 Å². The van der Waals surface area contributed by atoms with Gasteiger partial charge in [0.05, 0.1) is 5.01 Å². The maximum absolute atomic E-state index is 10.5. The van der Waals surface area contributed by atoms with E-state index in [2.05, 4.69) is 9.88 Å². The highest BCUT2D eigenvalue weighted by Crippen LogP contribution is 2.24. The van der Waals surface area contributed by atoms with Gasteiger partial charge >= 0.3 is 5.97 Å². The number of aromatic nitrogens is 1. The number of likely N-dealkylation sites (tertiary alicyclic amines) is 1. The van der Waals surface area contributed by atoms with Crippen LogP contribution in [0.3, 0.4) is 0 Å². The first-order valence-electron chi connectivity index (χ1n) is 5.99. The van der Waals surface area contributed by atoms with Gasteiger partial charge in [-0.2, -0.15) is 0 Å². The smallest absolute Gasteiger partial charge is 0.303 e. The van der Waals surface area contributed by atoms with Crippen LogP contribution in [-0.4, -0.2) is 34.0 Å². The van der Waals surface area contributed by atoms with Crippen LogP contribution in [-0.2, 0) is 11.3 Å². The summed E-state index contributed by atoms with van der Waals surface area (Å²) < 4.78 is 0. The van der Waals surface area contributed by atoms with Crippen LogP contribution < -0.4 is 0 Å². The molecule has 1 aliphatic rings. The van der Waals surface area contributed by atoms with Gasteiger partial charge in [0.25, 0.3) is 0 Å². The van der Waals surface area contributed by atoms with E-state index in [-0.39, 0.29) is 0 Å². The number of hydrogen-bond donors (Lipinski definition) is 1. The first kappa shape index (κ1) is 12.5. The number of thiazole rings is 1. The van der Waals surface area contributed by atoms with Crippen LogP contribution in [0.4, 0.5) is 0 Å². The van der Waals surface area contributed by atoms with E-state index >= 15 is 0 Å². The number of carbonyl (C=O) groups is 1. The van der Waals surface area contributed by atoms with Gasteiger partial charge in [-0.15, -0.1) is 11.3 Å². The molecule has 0 radical (unpaired) electrons. The molecule has 0 amide bonds. The predicted molar refractivity (Wildman–Crippen MR) is 67.1 cm³/mol. The fourth-order valence-corrected chi connectivity index (χ4v) is 3.16. The molecule has 1 atom stereocenters. The van der Waals surface area contributed by atoms with Gasteiger partial charge in [0.2, 0.25) is 0 Å². The van der Waals surface area contributed by atoms with Crippen molar-refractivity contribution in [3.63, 3.8) is 0 Å². The Hall–Kier alpha value is -0.940. The first-order valence-corrected chi connectivity index (χ1v) is 6.80. The average Bonchev–Trinajstić information content (AvgIpc) is 2.86. The molecule has 2 heterocycles. The first-order chi connectivity index (χ1) is 8.13. The summed E-state index contributed by atoms with van der Waals surface area (Å²) in [4.78, 5) is 18.5. The lowest BCUT2D eigenvalue weighted by atomic mass is 10.0. The van der Waals surface area contributed by atoms with Crippen molar-refractivity contribution < 1.29 is 9.90 Å². The Kier molecular flexibility index (Phi) is 4.12. The van der Waals surface area contributed by atoms with E-state index in [1.165, 1.54) is 4.88 Å². The second-order valence-electron chi connectivity index (χ2n) is 4.67. The van der Waals surface area contributed by atoms with Gasteiger partial charge < -0.3 is 5.11 Å². The van der Waals surface area contributed by atoms with Gasteiger partial charge in [-0.3, -0.25) is 9.69 Å². The topological polar surface area (TPSA) is 53.4 Å². The minimum Gasteiger partial charge on any atom is -0.481 e. The van der Waals surface area contributed by atoms with E-state index in [1.54, 1.807) is 11.3 Å². The zero-order chi connectivity index (χ0) is 12.3. The molecule has 0 aliphatic carbocycles. The van der Waals surface area contributed by atoms with Gasteiger partial charge in [-0.25, -0.2) is 4.98 Å². The SMILES string of the molecule is Cc1ncc(CN2CCC(CCC(=O)O)C2)s1. The monoisotopic (exact) mass is 254 g/mol. The van der Waals surface area contributed by atoms with Crippen molar-refractivity contribution in [2.45, 2.75) is 32.7 Å². The highest BCUT2D eigenvalue weighted by atomic mass is 32.1. The van der Waals surface area contributed by atoms with Gasteiger partial charge in [0, 0.05) is 30.6 Å². The summed E-state index contributed by atoms with van der Waals surface area (Å²) in [5, 5.41) is 9.77. The molecule has 0 spiro atoms. The Bertz CT molecular complexity index is 392. The molecule has 1 N–H and O–H groups in total. The van der Waals surface area contributed by atoms with Crippen LogP contribution >= 0.6 is 11.3 Å². The maximum atomic E-state index is 10.5. The Labute approximate surface area is 105 Å². The second-order valence-corrected chi connectivity index (χ2v) is 5.99. The normalized spacial score (nSPS) is 20.9. The lowest BCUT2D eigenvalue weighted by Crippen LogP contribution is -2.19. The molecule has 4 nitrogen and oxygen atoms in total. The van der Waals surface area contributed by atoms with Crippen molar-refractivity contribution >= 4 is 17.3 Å². The van der Waals surface area contributed by atoms with Gasteiger partial charge in [0.1, 0.15) is 0 Å². The third-order valence-corrected chi connectivity index (χ3v) is 4.08. The molecule has 1 aromatic heterocycles. The van der Waals surface area contributed by atoms with Crippen molar-refractivity contribution in [2.75, 3.05) is 13.1 Å². The van der Waals surface area contributed by atoms with Crippen molar-refractivity contribution in [3.8, 4) is 0 Å². The van der Waals surface area contributed by atoms with Crippen LogP contribution in [0, 0.1) is 12.8 Å². The van der Waals surface area contributed by atoms with E-state index in [4.69, 9.17) is 5.11 Å². The average molecular weight is 254 g/mol. The van der Waals surface area contributed by atoms with Crippen LogP contribution in [0.25, 0.3) is 0 Å². The van der Waals surface area contributed by atoms with Crippen LogP contribution in [0.5, 0.6) is 0 Å². The van der Waals surface area contributed by atoms with E-state index in [0.29, 0.717) is 12.3 Å². The molecule has 0 saturated carbocycles. The van der Waals surface area contributed by atoms with Crippen molar-refractivity contribution in [1.82, 2.24) is 9.88 Å². The Morgan fingerprint density at radius 2 is 2.53 bits per heavy atom. The highest BCUT2D eigenvalue weighted by Gasteiger charge is 2.23. The van der Waals surface area contributed by atoms with E-state index in [1.807, 2.05) is 13.1 Å². The van der Waals surface area contributed by atoms with Crippen LogP contribution in [0.2, 0.25) is 0 Å². The molecular formula is C12H18N2O2S. The van der Waals surface area contributed by atoms with Crippen molar-refractivity contribution in [3.05, 3.63) is 16.1 Å². The maximum Gasteiger partial charge on any atom is 0.303 e. The lowest BCUT2D eigenvalue weighted by Gasteiger charge is -2.14. The largest absolute Gasteiger partial charge is 0.481 e. The Balaban J connectivity index is 1.76. The fourth-order valence-electron chi connectivity index (χ4n) is 2.32. The van der Waals surface area contributed by atoms with E-state index < -0.39 is 5.97 Å². The molecule has 1 saturated heterocycles. The molecule has 0 bridgehead atoms. The summed E-state index contributed by atoms with van der Waals surface area (Å²) in [7, 11) is 0. The molecule has 0 aromatic carbocycles. The number of carboxylic acid groups (broad SMARTS) is 1. The van der Waals surface area contributed by atoms with Gasteiger partial charge in [-0.05, 0) is 32.2 Å². The Morgan fingerprint density at radius 3 is 3.18 bits per heavy atom. The lowest BCUT2D eigenvalue weighted by molar-refractivity contribution is -0.137. The summed E-state index contributed by atoms with van der Waals surface area (Å²) in [6, 6.07) is 0. The third kappa shape index (κ3) is 3.78. The number of aliphatic carboxylic acids is 1. The van der Waals surface area contributed by atoms with E-state index in [9.17, 15) is 4.79 Å². The molecule has 1 fully saturated rings. The number of hydrogen-bond acceptors (Lipinski definition) is 4. The number of carboxylic acids is 1. The predicted octanol–water partition coefficient (Wildman–Crippen LogP) is 2.14. The quantitative estimate of drug-likeness (QED) is 0.874. The minimum absolute atomic E-state index is 0.304. The second kappa shape index (κ2) is 5.60. The minimum atomic E-state index is -0.679. The van der Waals surface area contributed by atoms with Crippen LogP contribution in [0.1, 0.15) is 29.1 Å². The summed E-state index contributed by atoms with van der Waals surface area (Å²) in [5.41, 5.74) is 0. The Morgan fingerprint density at radius 1 is 1.71 bits per heavy atom. The summed E-state index contributed by atoms with van der Waals surface area (Å²) in [6.45, 7) is 5.11. The zero-order valence-electron chi connectivity index (χ0n) is 10.1. The number of nitrogens with zero attached hydrogens (tertiary/aromatic N) is 2. The van der Waals surface area contributed by atoms with Gasteiger partial charge in [-0.1, -0.05) is 0 Å². The molecular weight excluding hydrogens is 236 g/mol. The van der Waals surface area contributed by atoms with Gasteiger partial charge in [0.15, 0.2) is 0 Å². The highest BCUT2D eigenvalue weighted by molar-refractivity contribution is 7.11. The van der Waals surface area contributed by atoms with Crippen molar-refractivity contribution in [1.29, 1.82) is 0 Å². The molecule has 94 valence electrons. The summed E-state index contributed by atoms with van der Waals surface area (Å²) >= 11 is 1.75. The summed E-state index contributed by atoms with van der Waals surface area (Å²) in [5.74, 6) is -0.123. The number of rotatable bonds is 5. The molecule has 2 rings (SSSR count). The fraction of sp³-hybridized carbons (Fsp3) is 0.667. The van der Waals surface area contributed by atoms with E-state index in [0.717, 1.165) is 37.5 Å². The molecule has 1 unspecified atom stereocenters. The zero-order valence-corrected chi connectivity index (χ0v) is 10.9. The molecule has 1 aromatic rings. The molecule has 1 aliphatic heterocycles. The summed E-state index contributed by atoms with van der Waals surface area (Å²) in [6.07, 6.45) is 4.20. The molecule has 5 heteroatoms. The standard InChI is InChI=1S/C12H18N2O2S/c1-9-13-6-11(17-9)8-14-5-4-10(7-14)2-3-12(15)16/h6,10H,2-5,7-8H2,1H3,(H,15,16). The van der Waals surface area contributed by atoms with Crippen molar-refractivity contribution in [2.24, 2.45) is 5.92 Å². The number of aryl methyl sites for hydroxylation is 1. The molecule has 17 heavy (non-hydrogen) atoms. The third-order valence-electron chi connectivity index (χ3n) is 3.19.